The second kappa shape index (κ2) is 9.20. The molecular weight excluding hydrogens is 274 g/mol. The first kappa shape index (κ1) is 19.2. The maximum atomic E-state index is 12.1. The molecular formula is C14H27N3O4. The molecule has 3 N–H and O–H groups in total. The van der Waals surface area contributed by atoms with Gasteiger partial charge in [-0.05, 0) is 12.8 Å². The van der Waals surface area contributed by atoms with Crippen molar-refractivity contribution in [3.05, 3.63) is 0 Å². The zero-order chi connectivity index (χ0) is 16.6. The van der Waals surface area contributed by atoms with Crippen LogP contribution in [-0.4, -0.2) is 43.6 Å². The van der Waals surface area contributed by atoms with Crippen molar-refractivity contribution >= 4 is 17.9 Å². The van der Waals surface area contributed by atoms with Crippen LogP contribution >= 0.6 is 0 Å². The van der Waals surface area contributed by atoms with Gasteiger partial charge < -0.3 is 20.7 Å². The molecule has 0 aromatic heterocycles. The predicted molar refractivity (Wildman–Crippen MR) is 79.6 cm³/mol. The number of rotatable bonds is 7. The summed E-state index contributed by atoms with van der Waals surface area (Å²) in [5.41, 5.74) is 0. The molecule has 7 nitrogen and oxygen atoms in total. The molecule has 0 saturated heterocycles. The highest BCUT2D eigenvalue weighted by atomic mass is 16.5. The summed E-state index contributed by atoms with van der Waals surface area (Å²) < 4.78 is 4.50. The predicted octanol–water partition coefficient (Wildman–Crippen LogP) is 0.644. The van der Waals surface area contributed by atoms with E-state index in [1.54, 1.807) is 20.8 Å². The largest absolute Gasteiger partial charge is 0.453 e. The van der Waals surface area contributed by atoms with E-state index in [1.807, 2.05) is 13.8 Å². The van der Waals surface area contributed by atoms with Crippen molar-refractivity contribution in [3.8, 4) is 0 Å². The van der Waals surface area contributed by atoms with Crippen LogP contribution < -0.4 is 16.0 Å². The van der Waals surface area contributed by atoms with Gasteiger partial charge in [-0.3, -0.25) is 9.59 Å². The van der Waals surface area contributed by atoms with E-state index >= 15 is 0 Å². The molecule has 122 valence electrons. The van der Waals surface area contributed by atoms with Gasteiger partial charge >= 0.3 is 6.09 Å². The van der Waals surface area contributed by atoms with Crippen molar-refractivity contribution in [1.29, 1.82) is 0 Å². The molecule has 0 saturated carbocycles. The molecule has 0 aliphatic rings. The fraction of sp³-hybridized carbons (Fsp3) is 0.786. The van der Waals surface area contributed by atoms with Crippen molar-refractivity contribution in [2.24, 2.45) is 11.8 Å². The molecule has 0 bridgehead atoms. The van der Waals surface area contributed by atoms with E-state index in [0.717, 1.165) is 0 Å². The molecule has 0 aromatic rings. The highest BCUT2D eigenvalue weighted by molar-refractivity contribution is 5.86. The average molecular weight is 301 g/mol. The first-order valence-electron chi connectivity index (χ1n) is 7.11. The molecule has 2 atom stereocenters. The topological polar surface area (TPSA) is 96.5 Å². The smallest absolute Gasteiger partial charge is 0.407 e. The lowest BCUT2D eigenvalue weighted by molar-refractivity contribution is -0.126. The summed E-state index contributed by atoms with van der Waals surface area (Å²) >= 11 is 0. The maximum absolute atomic E-state index is 12.1. The Bertz CT molecular complexity index is 369. The number of methoxy groups -OCH3 is 1. The highest BCUT2D eigenvalue weighted by Crippen LogP contribution is 2.03. The number of carbonyl (C=O) groups is 3. The Morgan fingerprint density at radius 1 is 0.952 bits per heavy atom. The molecule has 21 heavy (non-hydrogen) atoms. The fourth-order valence-electron chi connectivity index (χ4n) is 1.56. The molecule has 0 rings (SSSR count). The highest BCUT2D eigenvalue weighted by Gasteiger charge is 2.25. The lowest BCUT2D eigenvalue weighted by Gasteiger charge is -2.23. The molecule has 0 spiro atoms. The van der Waals surface area contributed by atoms with Crippen LogP contribution in [0.4, 0.5) is 4.79 Å². The van der Waals surface area contributed by atoms with E-state index in [9.17, 15) is 14.4 Å². The number of ether oxygens (including phenoxy) is 1. The van der Waals surface area contributed by atoms with Gasteiger partial charge in [0.1, 0.15) is 6.04 Å². The van der Waals surface area contributed by atoms with Crippen LogP contribution in [0, 0.1) is 11.8 Å². The van der Waals surface area contributed by atoms with Gasteiger partial charge in [0.15, 0.2) is 0 Å². The van der Waals surface area contributed by atoms with Gasteiger partial charge in [0.05, 0.1) is 7.11 Å². The number of alkyl carbamates (subject to hydrolysis) is 1. The lowest BCUT2D eigenvalue weighted by Crippen LogP contribution is -2.53. The standard InChI is InChI=1S/C14H27N3O4/c1-8(2)11(17-14(20)21-6)13(19)16-10(5)7-15-12(18)9(3)4/h8-11H,7H2,1-6H3,(H,15,18)(H,16,19)(H,17,20)/t10-,11-/m0/s1. The minimum Gasteiger partial charge on any atom is -0.453 e. The van der Waals surface area contributed by atoms with Crippen molar-refractivity contribution in [2.45, 2.75) is 46.7 Å². The third-order valence-electron chi connectivity index (χ3n) is 2.90. The van der Waals surface area contributed by atoms with Crippen LogP contribution in [0.3, 0.4) is 0 Å². The minimum absolute atomic E-state index is 0.0656. The molecule has 0 radical (unpaired) electrons. The third kappa shape index (κ3) is 7.53. The molecule has 0 heterocycles. The summed E-state index contributed by atoms with van der Waals surface area (Å²) in [6.45, 7) is 9.37. The first-order chi connectivity index (χ1) is 9.68. The Balaban J connectivity index is 4.41. The molecule has 0 unspecified atom stereocenters. The van der Waals surface area contributed by atoms with Crippen molar-refractivity contribution in [3.63, 3.8) is 0 Å². The third-order valence-corrected chi connectivity index (χ3v) is 2.90. The van der Waals surface area contributed by atoms with Crippen LogP contribution in [0.15, 0.2) is 0 Å². The number of nitrogens with one attached hydrogen (secondary N) is 3. The Morgan fingerprint density at radius 2 is 1.52 bits per heavy atom. The summed E-state index contributed by atoms with van der Waals surface area (Å²) in [4.78, 5) is 34.8. The van der Waals surface area contributed by atoms with Crippen molar-refractivity contribution in [2.75, 3.05) is 13.7 Å². The van der Waals surface area contributed by atoms with E-state index in [0.29, 0.717) is 6.54 Å². The zero-order valence-electron chi connectivity index (χ0n) is 13.6. The number of amides is 3. The van der Waals surface area contributed by atoms with Crippen LogP contribution in [0.5, 0.6) is 0 Å². The second-order valence-electron chi connectivity index (χ2n) is 5.67. The van der Waals surface area contributed by atoms with Crippen LogP contribution in [0.1, 0.15) is 34.6 Å². The maximum Gasteiger partial charge on any atom is 0.407 e. The van der Waals surface area contributed by atoms with E-state index in [-0.39, 0.29) is 29.7 Å². The molecule has 0 aliphatic carbocycles. The number of hydrogen-bond donors (Lipinski definition) is 3. The SMILES string of the molecule is COC(=O)N[C@H](C(=O)N[C@@H](C)CNC(=O)C(C)C)C(C)C. The Labute approximate surface area is 126 Å². The van der Waals surface area contributed by atoms with E-state index in [2.05, 4.69) is 20.7 Å². The summed E-state index contributed by atoms with van der Waals surface area (Å²) in [6, 6.07) is -0.915. The molecule has 0 aromatic carbocycles. The Morgan fingerprint density at radius 3 is 1.95 bits per heavy atom. The van der Waals surface area contributed by atoms with Crippen molar-refractivity contribution < 1.29 is 19.1 Å². The summed E-state index contributed by atoms with van der Waals surface area (Å²) in [5.74, 6) is -0.551. The lowest BCUT2D eigenvalue weighted by atomic mass is 10.0. The van der Waals surface area contributed by atoms with E-state index in [1.165, 1.54) is 7.11 Å². The molecule has 3 amide bonds. The normalized spacial score (nSPS) is 13.5. The van der Waals surface area contributed by atoms with Crippen molar-refractivity contribution in [1.82, 2.24) is 16.0 Å². The van der Waals surface area contributed by atoms with Gasteiger partial charge in [-0.1, -0.05) is 27.7 Å². The van der Waals surface area contributed by atoms with Gasteiger partial charge in [0.25, 0.3) is 0 Å². The minimum atomic E-state index is -0.680. The molecule has 0 fully saturated rings. The van der Waals surface area contributed by atoms with Crippen LogP contribution in [0.25, 0.3) is 0 Å². The van der Waals surface area contributed by atoms with Gasteiger partial charge in [-0.15, -0.1) is 0 Å². The van der Waals surface area contributed by atoms with E-state index in [4.69, 9.17) is 0 Å². The van der Waals surface area contributed by atoms with Gasteiger partial charge in [0.2, 0.25) is 11.8 Å². The molecule has 0 aliphatic heterocycles. The first-order valence-corrected chi connectivity index (χ1v) is 7.11. The molecule has 7 heteroatoms. The monoisotopic (exact) mass is 301 g/mol. The summed E-state index contributed by atoms with van der Waals surface area (Å²) in [6.07, 6.45) is -0.649. The Hall–Kier alpha value is -1.79. The van der Waals surface area contributed by atoms with Gasteiger partial charge in [0, 0.05) is 18.5 Å². The summed E-state index contributed by atoms with van der Waals surface area (Å²) in [5, 5.41) is 8.00. The van der Waals surface area contributed by atoms with Gasteiger partial charge in [-0.2, -0.15) is 0 Å². The van der Waals surface area contributed by atoms with Crippen LogP contribution in [0.2, 0.25) is 0 Å². The zero-order valence-corrected chi connectivity index (χ0v) is 13.6. The average Bonchev–Trinajstić information content (AvgIpc) is 2.40. The number of carbonyl (C=O) groups excluding carboxylic acids is 3. The fourth-order valence-corrected chi connectivity index (χ4v) is 1.56. The Kier molecular flexibility index (Phi) is 8.42. The number of hydrogen-bond acceptors (Lipinski definition) is 4. The summed E-state index contributed by atoms with van der Waals surface area (Å²) in [7, 11) is 1.24. The quantitative estimate of drug-likeness (QED) is 0.643. The van der Waals surface area contributed by atoms with E-state index < -0.39 is 12.1 Å². The second-order valence-corrected chi connectivity index (χ2v) is 5.67. The van der Waals surface area contributed by atoms with Gasteiger partial charge in [-0.25, -0.2) is 4.79 Å². The van der Waals surface area contributed by atoms with Crippen LogP contribution in [-0.2, 0) is 14.3 Å².